The van der Waals surface area contributed by atoms with Crippen molar-refractivity contribution < 1.29 is 10.4 Å². The summed E-state index contributed by atoms with van der Waals surface area (Å²) in [6, 6.07) is 10.9. The van der Waals surface area contributed by atoms with Crippen LogP contribution < -0.4 is 21.9 Å². The van der Waals surface area contributed by atoms with E-state index < -0.39 is 0 Å². The average Bonchev–Trinajstić information content (AvgIpc) is 2.74. The van der Waals surface area contributed by atoms with Crippen LogP contribution in [0, 0.1) is 0 Å². The molecule has 2 aromatic carbocycles. The van der Waals surface area contributed by atoms with Crippen LogP contribution in [-0.2, 0) is 10.4 Å². The summed E-state index contributed by atoms with van der Waals surface area (Å²) in [5.41, 5.74) is 8.96. The van der Waals surface area contributed by atoms with E-state index in [1.54, 1.807) is 24.3 Å². The molecule has 3 radical (unpaired) electrons. The molecule has 1 heterocycles. The second-order valence-corrected chi connectivity index (χ2v) is 3.95. The van der Waals surface area contributed by atoms with Crippen LogP contribution in [-0.4, -0.2) is 7.28 Å². The van der Waals surface area contributed by atoms with Crippen LogP contribution in [0.1, 0.15) is 0 Å². The largest absolute Gasteiger partial charge is 0.233 e. The van der Waals surface area contributed by atoms with Crippen molar-refractivity contribution in [3.63, 3.8) is 0 Å². The van der Waals surface area contributed by atoms with Gasteiger partial charge in [0, 0.05) is 0 Å². The highest BCUT2D eigenvalue weighted by molar-refractivity contribution is 6.73. The zero-order valence-electron chi connectivity index (χ0n) is 8.86. The number of hydrogen-bond acceptors (Lipinski definition) is 2. The van der Waals surface area contributed by atoms with Crippen molar-refractivity contribution in [1.29, 1.82) is 0 Å². The van der Waals surface area contributed by atoms with Crippen LogP contribution in [0.3, 0.4) is 0 Å². The van der Waals surface area contributed by atoms with Crippen LogP contribution in [0.5, 0.6) is 0 Å². The van der Waals surface area contributed by atoms with Gasteiger partial charge in [0.2, 0.25) is 0 Å². The van der Waals surface area contributed by atoms with Crippen molar-refractivity contribution in [3.8, 4) is 11.1 Å². The van der Waals surface area contributed by atoms with E-state index >= 15 is 0 Å². The summed E-state index contributed by atoms with van der Waals surface area (Å²) in [6.45, 7) is 0. The molecule has 0 saturated heterocycles. The summed E-state index contributed by atoms with van der Waals surface area (Å²) in [7, 11) is 1.96. The lowest BCUT2D eigenvalue weighted by Gasteiger charge is -2.04. The minimum absolute atomic E-state index is 0.537. The van der Waals surface area contributed by atoms with Gasteiger partial charge in [-0.25, -0.2) is 11.0 Å². The molecule has 2 aromatic rings. The third kappa shape index (κ3) is 1.56. The highest BCUT2D eigenvalue weighted by atomic mass is 16.5. The Labute approximate surface area is 99.1 Å². The quantitative estimate of drug-likeness (QED) is 0.499. The van der Waals surface area contributed by atoms with E-state index in [9.17, 15) is 10.4 Å². The molecule has 0 fully saturated rings. The fourth-order valence-corrected chi connectivity index (χ4v) is 2.15. The van der Waals surface area contributed by atoms with Gasteiger partial charge >= 0.3 is 0 Å². The minimum atomic E-state index is 0.537. The molecule has 3 rings (SSSR count). The SMILES string of the molecule is [O]Nc1ccc2c(c1)[B]c1cc(N[O])ccc1-2. The highest BCUT2D eigenvalue weighted by Crippen LogP contribution is 2.23. The van der Waals surface area contributed by atoms with Gasteiger partial charge in [0.15, 0.2) is 7.28 Å². The van der Waals surface area contributed by atoms with Crippen LogP contribution in [0.15, 0.2) is 36.4 Å². The molecule has 1 aliphatic rings. The Morgan fingerprint density at radius 3 is 1.65 bits per heavy atom. The molecular weight excluding hydrogens is 215 g/mol. The topological polar surface area (TPSA) is 63.9 Å². The molecule has 0 bridgehead atoms. The zero-order valence-corrected chi connectivity index (χ0v) is 8.86. The Morgan fingerprint density at radius 2 is 1.24 bits per heavy atom. The fourth-order valence-electron chi connectivity index (χ4n) is 2.15. The fraction of sp³-hybridized carbons (Fsp3) is 0. The van der Waals surface area contributed by atoms with E-state index in [2.05, 4.69) is 0 Å². The van der Waals surface area contributed by atoms with Gasteiger partial charge in [-0.3, -0.25) is 0 Å². The zero-order chi connectivity index (χ0) is 11.8. The molecule has 2 N–H and O–H groups in total. The van der Waals surface area contributed by atoms with E-state index in [0.717, 1.165) is 22.1 Å². The third-order valence-electron chi connectivity index (χ3n) is 2.94. The van der Waals surface area contributed by atoms with E-state index in [-0.39, 0.29) is 0 Å². The smallest absolute Gasteiger partial charge is 0.193 e. The molecular formula is C12H8BN2O2. The van der Waals surface area contributed by atoms with Crippen molar-refractivity contribution in [2.45, 2.75) is 0 Å². The molecule has 0 amide bonds. The standard InChI is InChI=1S/C12H8BN2O2/c16-14-7-1-3-9-10-4-2-8(15-17)6-12(10)13-11(9)5-7/h1-6,14-15H. The number of nitrogens with one attached hydrogen (secondary N) is 2. The predicted molar refractivity (Wildman–Crippen MR) is 65.5 cm³/mol. The van der Waals surface area contributed by atoms with Crippen LogP contribution in [0.25, 0.3) is 11.1 Å². The Balaban J connectivity index is 2.10. The van der Waals surface area contributed by atoms with E-state index in [1.165, 1.54) is 0 Å². The van der Waals surface area contributed by atoms with Crippen LogP contribution >= 0.6 is 0 Å². The lowest BCUT2D eigenvalue weighted by molar-refractivity contribution is 0.274. The van der Waals surface area contributed by atoms with Gasteiger partial charge in [0.05, 0.1) is 11.4 Å². The Kier molecular flexibility index (Phi) is 2.28. The summed E-state index contributed by atoms with van der Waals surface area (Å²) in [5, 5.41) is 21.2. The molecule has 0 saturated carbocycles. The first-order valence-corrected chi connectivity index (χ1v) is 5.21. The number of hydrogen-bond donors (Lipinski definition) is 2. The Hall–Kier alpha value is -1.98. The van der Waals surface area contributed by atoms with Crippen molar-refractivity contribution in [2.75, 3.05) is 11.0 Å². The van der Waals surface area contributed by atoms with E-state index in [0.29, 0.717) is 11.4 Å². The molecule has 0 aliphatic carbocycles. The molecule has 17 heavy (non-hydrogen) atoms. The molecule has 0 unspecified atom stereocenters. The number of fused-ring (bicyclic) bond motifs is 3. The maximum atomic E-state index is 10.6. The van der Waals surface area contributed by atoms with Crippen LogP contribution in [0.2, 0.25) is 0 Å². The second-order valence-electron chi connectivity index (χ2n) is 3.95. The summed E-state index contributed by atoms with van der Waals surface area (Å²) in [4.78, 5) is 0. The molecule has 4 nitrogen and oxygen atoms in total. The Bertz CT molecular complexity index is 535. The van der Waals surface area contributed by atoms with Crippen molar-refractivity contribution in [2.24, 2.45) is 0 Å². The predicted octanol–water partition coefficient (Wildman–Crippen LogP) is 0.837. The van der Waals surface area contributed by atoms with Gasteiger partial charge in [0.1, 0.15) is 0 Å². The monoisotopic (exact) mass is 223 g/mol. The molecule has 1 aliphatic heterocycles. The number of benzene rings is 2. The minimum Gasteiger partial charge on any atom is -0.233 e. The van der Waals surface area contributed by atoms with Crippen molar-refractivity contribution in [3.05, 3.63) is 36.4 Å². The van der Waals surface area contributed by atoms with Crippen molar-refractivity contribution in [1.82, 2.24) is 0 Å². The maximum Gasteiger partial charge on any atom is 0.193 e. The first kappa shape index (κ1) is 10.2. The van der Waals surface area contributed by atoms with Gasteiger partial charge in [0.25, 0.3) is 0 Å². The number of rotatable bonds is 2. The maximum absolute atomic E-state index is 10.6. The molecule has 0 aromatic heterocycles. The average molecular weight is 223 g/mol. The first-order valence-electron chi connectivity index (χ1n) is 5.21. The summed E-state index contributed by atoms with van der Waals surface area (Å²) >= 11 is 0. The highest BCUT2D eigenvalue weighted by Gasteiger charge is 2.19. The van der Waals surface area contributed by atoms with Gasteiger partial charge < -0.3 is 0 Å². The molecule has 81 valence electrons. The lowest BCUT2D eigenvalue weighted by atomic mass is 9.68. The summed E-state index contributed by atoms with van der Waals surface area (Å²) in [6.07, 6.45) is 0. The molecule has 0 atom stereocenters. The first-order chi connectivity index (χ1) is 8.31. The van der Waals surface area contributed by atoms with Crippen LogP contribution in [0.4, 0.5) is 11.4 Å². The second kappa shape index (κ2) is 3.80. The van der Waals surface area contributed by atoms with E-state index in [1.807, 2.05) is 30.4 Å². The normalized spacial score (nSPS) is 11.4. The number of anilines is 2. The summed E-state index contributed by atoms with van der Waals surface area (Å²) < 4.78 is 0. The van der Waals surface area contributed by atoms with Gasteiger partial charge in [-0.1, -0.05) is 33.5 Å². The molecule has 0 spiro atoms. The van der Waals surface area contributed by atoms with E-state index in [4.69, 9.17) is 0 Å². The summed E-state index contributed by atoms with van der Waals surface area (Å²) in [5.74, 6) is 0. The van der Waals surface area contributed by atoms with Gasteiger partial charge in [-0.2, -0.15) is 0 Å². The lowest BCUT2D eigenvalue weighted by Crippen LogP contribution is -2.21. The van der Waals surface area contributed by atoms with Gasteiger partial charge in [-0.15, -0.1) is 0 Å². The van der Waals surface area contributed by atoms with Crippen molar-refractivity contribution >= 4 is 29.6 Å². The van der Waals surface area contributed by atoms with Gasteiger partial charge in [-0.05, 0) is 35.4 Å². The third-order valence-corrected chi connectivity index (χ3v) is 2.94. The molecule has 5 heteroatoms. The Morgan fingerprint density at radius 1 is 0.765 bits per heavy atom.